The predicted molar refractivity (Wildman–Crippen MR) is 80.6 cm³/mol. The third-order valence-electron chi connectivity index (χ3n) is 3.40. The lowest BCUT2D eigenvalue weighted by atomic mass is 9.82. The van der Waals surface area contributed by atoms with Gasteiger partial charge in [-0.05, 0) is 30.5 Å². The molecule has 19 heavy (non-hydrogen) atoms. The van der Waals surface area contributed by atoms with Gasteiger partial charge in [-0.3, -0.25) is 9.78 Å². The van der Waals surface area contributed by atoms with Gasteiger partial charge in [-0.25, -0.2) is 0 Å². The highest BCUT2D eigenvalue weighted by Crippen LogP contribution is 2.25. The zero-order chi connectivity index (χ0) is 12.1. The zero-order valence-electron chi connectivity index (χ0n) is 10.8. The molecule has 0 spiro atoms. The molecule has 6 heteroatoms. The first-order chi connectivity index (χ1) is 8.21. The third kappa shape index (κ3) is 4.97. The predicted octanol–water partition coefficient (Wildman–Crippen LogP) is 2.20. The van der Waals surface area contributed by atoms with E-state index in [0.717, 1.165) is 31.2 Å². The number of pyridine rings is 1. The van der Waals surface area contributed by atoms with Crippen LogP contribution in [-0.4, -0.2) is 16.4 Å². The van der Waals surface area contributed by atoms with Crippen LogP contribution in [0.4, 0.5) is 0 Å². The second-order valence-electron chi connectivity index (χ2n) is 4.75. The molecule has 1 heterocycles. The number of carbonyl (C=O) groups is 1. The molecule has 1 saturated carbocycles. The fourth-order valence-corrected chi connectivity index (χ4v) is 2.27. The van der Waals surface area contributed by atoms with Gasteiger partial charge in [0.25, 0.3) is 0 Å². The van der Waals surface area contributed by atoms with Gasteiger partial charge in [-0.2, -0.15) is 0 Å². The molecule has 0 bridgehead atoms. The molecule has 108 valence electrons. The molecule has 1 amide bonds. The van der Waals surface area contributed by atoms with E-state index in [1.54, 1.807) is 12.4 Å². The van der Waals surface area contributed by atoms with Crippen LogP contribution in [0.3, 0.4) is 0 Å². The van der Waals surface area contributed by atoms with E-state index in [1.165, 1.54) is 6.42 Å². The van der Waals surface area contributed by atoms with Gasteiger partial charge in [0.15, 0.2) is 0 Å². The number of aromatic nitrogens is 1. The fourth-order valence-electron chi connectivity index (χ4n) is 2.27. The van der Waals surface area contributed by atoms with Crippen LogP contribution < -0.4 is 11.1 Å². The van der Waals surface area contributed by atoms with Gasteiger partial charge in [0.2, 0.25) is 5.91 Å². The van der Waals surface area contributed by atoms with Crippen molar-refractivity contribution in [3.63, 3.8) is 0 Å². The van der Waals surface area contributed by atoms with E-state index in [4.69, 9.17) is 5.73 Å². The average Bonchev–Trinajstić information content (AvgIpc) is 2.38. The number of hydrogen-bond donors (Lipinski definition) is 2. The molecule has 1 fully saturated rings. The highest BCUT2D eigenvalue weighted by Gasteiger charge is 2.34. The van der Waals surface area contributed by atoms with Gasteiger partial charge in [-0.15, -0.1) is 24.8 Å². The zero-order valence-corrected chi connectivity index (χ0v) is 12.4. The second kappa shape index (κ2) is 8.35. The Morgan fingerprint density at radius 2 is 1.79 bits per heavy atom. The quantitative estimate of drug-likeness (QED) is 0.899. The summed E-state index contributed by atoms with van der Waals surface area (Å²) >= 11 is 0. The molecule has 1 aromatic heterocycles. The Balaban J connectivity index is 0.00000162. The van der Waals surface area contributed by atoms with Crippen molar-refractivity contribution >= 4 is 30.7 Å². The Kier molecular flexibility index (Phi) is 7.99. The summed E-state index contributed by atoms with van der Waals surface area (Å²) in [5.74, 6) is -0.0194. The third-order valence-corrected chi connectivity index (χ3v) is 3.40. The lowest BCUT2D eigenvalue weighted by molar-refractivity contribution is -0.127. The number of amides is 1. The van der Waals surface area contributed by atoms with Gasteiger partial charge < -0.3 is 11.1 Å². The monoisotopic (exact) mass is 305 g/mol. The van der Waals surface area contributed by atoms with Gasteiger partial charge in [0, 0.05) is 18.9 Å². The first-order valence-electron chi connectivity index (χ1n) is 6.17. The van der Waals surface area contributed by atoms with Gasteiger partial charge in [0.05, 0.1) is 5.54 Å². The summed E-state index contributed by atoms with van der Waals surface area (Å²) in [6.07, 6.45) is 8.35. The molecule has 0 aromatic carbocycles. The van der Waals surface area contributed by atoms with Gasteiger partial charge in [-0.1, -0.05) is 19.3 Å². The summed E-state index contributed by atoms with van der Waals surface area (Å²) in [5.41, 5.74) is 6.54. The number of nitrogens with one attached hydrogen (secondary N) is 1. The van der Waals surface area contributed by atoms with Crippen molar-refractivity contribution in [3.8, 4) is 0 Å². The van der Waals surface area contributed by atoms with E-state index < -0.39 is 5.54 Å². The van der Waals surface area contributed by atoms with Crippen molar-refractivity contribution in [2.45, 2.75) is 44.2 Å². The minimum Gasteiger partial charge on any atom is -0.350 e. The molecule has 1 aromatic rings. The lowest BCUT2D eigenvalue weighted by Crippen LogP contribution is -2.54. The van der Waals surface area contributed by atoms with Crippen molar-refractivity contribution in [2.24, 2.45) is 5.73 Å². The van der Waals surface area contributed by atoms with E-state index in [0.29, 0.717) is 6.54 Å². The van der Waals surface area contributed by atoms with Crippen LogP contribution in [0.2, 0.25) is 0 Å². The minimum atomic E-state index is -0.648. The number of nitrogens with zero attached hydrogens (tertiary/aromatic N) is 1. The minimum absolute atomic E-state index is 0. The average molecular weight is 306 g/mol. The Morgan fingerprint density at radius 1 is 1.21 bits per heavy atom. The molecule has 0 unspecified atom stereocenters. The van der Waals surface area contributed by atoms with Crippen LogP contribution in [0.25, 0.3) is 0 Å². The van der Waals surface area contributed by atoms with Crippen molar-refractivity contribution in [1.82, 2.24) is 10.3 Å². The Morgan fingerprint density at radius 3 is 2.37 bits per heavy atom. The molecule has 1 aliphatic carbocycles. The van der Waals surface area contributed by atoms with Gasteiger partial charge in [0.1, 0.15) is 0 Å². The first kappa shape index (κ1) is 18.2. The summed E-state index contributed by atoms with van der Waals surface area (Å²) in [6.45, 7) is 0.528. The summed E-state index contributed by atoms with van der Waals surface area (Å²) in [5, 5.41) is 2.92. The maximum Gasteiger partial charge on any atom is 0.240 e. The van der Waals surface area contributed by atoms with Crippen molar-refractivity contribution in [2.75, 3.05) is 0 Å². The topological polar surface area (TPSA) is 68.0 Å². The van der Waals surface area contributed by atoms with Crippen LogP contribution in [0, 0.1) is 0 Å². The second-order valence-corrected chi connectivity index (χ2v) is 4.75. The van der Waals surface area contributed by atoms with Crippen LogP contribution in [0.1, 0.15) is 37.7 Å². The Hall–Kier alpha value is -0.840. The first-order valence-corrected chi connectivity index (χ1v) is 6.17. The molecule has 0 saturated heterocycles. The van der Waals surface area contributed by atoms with E-state index in [-0.39, 0.29) is 30.7 Å². The molecule has 0 aliphatic heterocycles. The van der Waals surface area contributed by atoms with Crippen LogP contribution in [0.15, 0.2) is 24.5 Å². The molecule has 3 N–H and O–H groups in total. The van der Waals surface area contributed by atoms with E-state index in [1.807, 2.05) is 12.1 Å². The van der Waals surface area contributed by atoms with Crippen LogP contribution >= 0.6 is 24.8 Å². The Labute approximate surface area is 126 Å². The van der Waals surface area contributed by atoms with Crippen LogP contribution in [0.5, 0.6) is 0 Å². The van der Waals surface area contributed by atoms with Gasteiger partial charge >= 0.3 is 0 Å². The normalized spacial score (nSPS) is 16.7. The lowest BCUT2D eigenvalue weighted by Gasteiger charge is -2.31. The van der Waals surface area contributed by atoms with E-state index >= 15 is 0 Å². The SMILES string of the molecule is Cl.Cl.NC1(C(=O)NCc2ccncc2)CCCCC1. The highest BCUT2D eigenvalue weighted by atomic mass is 35.5. The number of hydrogen-bond acceptors (Lipinski definition) is 3. The molecule has 1 aliphatic rings. The fraction of sp³-hybridized carbons (Fsp3) is 0.538. The molecular formula is C13H21Cl2N3O. The molecule has 4 nitrogen and oxygen atoms in total. The number of rotatable bonds is 3. The largest absolute Gasteiger partial charge is 0.350 e. The standard InChI is InChI=1S/C13H19N3O.2ClH/c14-13(6-2-1-3-7-13)12(17)16-10-11-4-8-15-9-5-11;;/h4-5,8-9H,1-3,6-7,10,14H2,(H,16,17);2*1H. The molecule has 2 rings (SSSR count). The molecule has 0 radical (unpaired) electrons. The smallest absolute Gasteiger partial charge is 0.240 e. The van der Waals surface area contributed by atoms with Crippen molar-refractivity contribution in [3.05, 3.63) is 30.1 Å². The molecular weight excluding hydrogens is 285 g/mol. The number of nitrogens with two attached hydrogens (primary N) is 1. The number of halogens is 2. The van der Waals surface area contributed by atoms with Crippen LogP contribution in [-0.2, 0) is 11.3 Å². The van der Waals surface area contributed by atoms with E-state index in [2.05, 4.69) is 10.3 Å². The van der Waals surface area contributed by atoms with Crippen molar-refractivity contribution in [1.29, 1.82) is 0 Å². The Bertz CT molecular complexity index is 381. The summed E-state index contributed by atoms with van der Waals surface area (Å²) in [7, 11) is 0. The summed E-state index contributed by atoms with van der Waals surface area (Å²) in [6, 6.07) is 3.79. The van der Waals surface area contributed by atoms with E-state index in [9.17, 15) is 4.79 Å². The summed E-state index contributed by atoms with van der Waals surface area (Å²) in [4.78, 5) is 16.0. The molecule has 0 atom stereocenters. The highest BCUT2D eigenvalue weighted by molar-refractivity contribution is 5.86. The van der Waals surface area contributed by atoms with Crippen molar-refractivity contribution < 1.29 is 4.79 Å². The summed E-state index contributed by atoms with van der Waals surface area (Å²) < 4.78 is 0. The maximum absolute atomic E-state index is 12.0. The maximum atomic E-state index is 12.0. The number of carbonyl (C=O) groups excluding carboxylic acids is 1.